The third-order valence-corrected chi connectivity index (χ3v) is 6.39. The van der Waals surface area contributed by atoms with E-state index in [1.807, 2.05) is 17.0 Å². The zero-order valence-corrected chi connectivity index (χ0v) is 17.9. The summed E-state index contributed by atoms with van der Waals surface area (Å²) in [7, 11) is 0. The van der Waals surface area contributed by atoms with Gasteiger partial charge in [0.1, 0.15) is 11.4 Å². The molecule has 9 heteroatoms. The molecular formula is C22H27N5O4. The van der Waals surface area contributed by atoms with Crippen molar-refractivity contribution in [1.29, 1.82) is 0 Å². The molecule has 1 aliphatic heterocycles. The van der Waals surface area contributed by atoms with Crippen molar-refractivity contribution in [2.45, 2.75) is 39.7 Å². The van der Waals surface area contributed by atoms with Gasteiger partial charge in [-0.25, -0.2) is 0 Å². The SMILES string of the molecule is Cc1nn(Cc2ccc(C(=O)N3CCN(C(=O)C4CCC4)CC3)cc2)c(C)c1[N+](=O)[O-]. The van der Waals surface area contributed by atoms with Crippen LogP contribution in [0.25, 0.3) is 0 Å². The molecule has 0 bridgehead atoms. The van der Waals surface area contributed by atoms with Gasteiger partial charge in [0, 0.05) is 37.7 Å². The highest BCUT2D eigenvalue weighted by Gasteiger charge is 2.32. The minimum Gasteiger partial charge on any atom is -0.339 e. The molecule has 0 spiro atoms. The van der Waals surface area contributed by atoms with E-state index < -0.39 is 4.92 Å². The average Bonchev–Trinajstić information content (AvgIpc) is 3.00. The standard InChI is InChI=1S/C22H27N5O4/c1-15-20(27(30)31)16(2)26(23-15)14-17-6-8-19(9-7-17)22(29)25-12-10-24(11-13-25)21(28)18-4-3-5-18/h6-9,18H,3-5,10-14H2,1-2H3. The molecule has 4 rings (SSSR count). The molecule has 164 valence electrons. The van der Waals surface area contributed by atoms with Crippen LogP contribution < -0.4 is 0 Å². The zero-order valence-electron chi connectivity index (χ0n) is 17.9. The Balaban J connectivity index is 1.36. The van der Waals surface area contributed by atoms with Crippen LogP contribution >= 0.6 is 0 Å². The second-order valence-electron chi connectivity index (χ2n) is 8.38. The summed E-state index contributed by atoms with van der Waals surface area (Å²) in [5.74, 6) is 0.398. The molecule has 0 unspecified atom stereocenters. The van der Waals surface area contributed by atoms with Crippen molar-refractivity contribution in [2.75, 3.05) is 26.2 Å². The quantitative estimate of drug-likeness (QED) is 0.541. The Morgan fingerprint density at radius 1 is 1.06 bits per heavy atom. The molecule has 1 aromatic carbocycles. The summed E-state index contributed by atoms with van der Waals surface area (Å²) in [4.78, 5) is 39.7. The summed E-state index contributed by atoms with van der Waals surface area (Å²) in [5.41, 5.74) is 2.46. The fourth-order valence-electron chi connectivity index (χ4n) is 4.26. The Morgan fingerprint density at radius 2 is 1.68 bits per heavy atom. The molecule has 2 aliphatic rings. The van der Waals surface area contributed by atoms with Crippen LogP contribution in [0.5, 0.6) is 0 Å². The summed E-state index contributed by atoms with van der Waals surface area (Å²) in [6, 6.07) is 7.27. The van der Waals surface area contributed by atoms with E-state index in [4.69, 9.17) is 0 Å². The molecule has 1 saturated heterocycles. The van der Waals surface area contributed by atoms with Gasteiger partial charge in [-0.05, 0) is 44.4 Å². The first-order valence-electron chi connectivity index (χ1n) is 10.7. The molecule has 2 amide bonds. The van der Waals surface area contributed by atoms with Crippen molar-refractivity contribution in [2.24, 2.45) is 5.92 Å². The number of carbonyl (C=O) groups excluding carboxylic acids is 2. The van der Waals surface area contributed by atoms with E-state index in [2.05, 4.69) is 5.10 Å². The van der Waals surface area contributed by atoms with Crippen LogP contribution in [0, 0.1) is 29.9 Å². The minimum absolute atomic E-state index is 0.0379. The highest BCUT2D eigenvalue weighted by molar-refractivity contribution is 5.94. The van der Waals surface area contributed by atoms with E-state index in [-0.39, 0.29) is 23.4 Å². The molecule has 1 saturated carbocycles. The number of amides is 2. The van der Waals surface area contributed by atoms with Crippen LogP contribution in [0.15, 0.2) is 24.3 Å². The van der Waals surface area contributed by atoms with Crippen LogP contribution in [-0.4, -0.2) is 62.5 Å². The van der Waals surface area contributed by atoms with E-state index in [9.17, 15) is 19.7 Å². The first kappa shape index (κ1) is 21.0. The van der Waals surface area contributed by atoms with Crippen molar-refractivity contribution in [1.82, 2.24) is 19.6 Å². The molecule has 2 fully saturated rings. The minimum atomic E-state index is -0.407. The summed E-state index contributed by atoms with van der Waals surface area (Å²) in [6.07, 6.45) is 3.13. The van der Waals surface area contributed by atoms with Gasteiger partial charge in [0.05, 0.1) is 11.5 Å². The number of nitrogens with zero attached hydrogens (tertiary/aromatic N) is 5. The maximum absolute atomic E-state index is 12.9. The van der Waals surface area contributed by atoms with Crippen molar-refractivity contribution >= 4 is 17.5 Å². The van der Waals surface area contributed by atoms with Gasteiger partial charge in [0.2, 0.25) is 5.91 Å². The monoisotopic (exact) mass is 425 g/mol. The lowest BCUT2D eigenvalue weighted by atomic mass is 9.84. The predicted octanol–water partition coefficient (Wildman–Crippen LogP) is 2.54. The highest BCUT2D eigenvalue weighted by atomic mass is 16.6. The van der Waals surface area contributed by atoms with Gasteiger partial charge in [-0.3, -0.25) is 24.4 Å². The first-order valence-corrected chi connectivity index (χ1v) is 10.7. The number of aryl methyl sites for hydroxylation is 1. The first-order chi connectivity index (χ1) is 14.8. The van der Waals surface area contributed by atoms with Gasteiger partial charge in [0.25, 0.3) is 5.91 Å². The summed E-state index contributed by atoms with van der Waals surface area (Å²) < 4.78 is 1.61. The van der Waals surface area contributed by atoms with Crippen LogP contribution in [0.3, 0.4) is 0 Å². The molecule has 0 radical (unpaired) electrons. The van der Waals surface area contributed by atoms with E-state index >= 15 is 0 Å². The normalized spacial score (nSPS) is 16.8. The topological polar surface area (TPSA) is 102 Å². The van der Waals surface area contributed by atoms with Gasteiger partial charge < -0.3 is 9.80 Å². The van der Waals surface area contributed by atoms with Crippen molar-refractivity contribution in [3.63, 3.8) is 0 Å². The summed E-state index contributed by atoms with van der Waals surface area (Å²) in [5, 5.41) is 15.4. The number of hydrogen-bond donors (Lipinski definition) is 0. The van der Waals surface area contributed by atoms with Crippen LogP contribution in [0.1, 0.15) is 46.6 Å². The number of aromatic nitrogens is 2. The highest BCUT2D eigenvalue weighted by Crippen LogP contribution is 2.28. The third-order valence-electron chi connectivity index (χ3n) is 6.39. The number of benzene rings is 1. The molecule has 2 aromatic rings. The van der Waals surface area contributed by atoms with Gasteiger partial charge in [-0.1, -0.05) is 18.6 Å². The maximum Gasteiger partial charge on any atom is 0.312 e. The predicted molar refractivity (Wildman–Crippen MR) is 114 cm³/mol. The molecule has 1 aliphatic carbocycles. The number of carbonyl (C=O) groups is 2. The molecule has 2 heterocycles. The van der Waals surface area contributed by atoms with Gasteiger partial charge in [0.15, 0.2) is 0 Å². The zero-order chi connectivity index (χ0) is 22.1. The largest absolute Gasteiger partial charge is 0.339 e. The lowest BCUT2D eigenvalue weighted by Crippen LogP contribution is -2.52. The van der Waals surface area contributed by atoms with Gasteiger partial charge in [-0.15, -0.1) is 0 Å². The fraction of sp³-hybridized carbons (Fsp3) is 0.500. The number of rotatable bonds is 5. The Bertz CT molecular complexity index is 1000. The van der Waals surface area contributed by atoms with Crippen LogP contribution in [0.2, 0.25) is 0 Å². The second-order valence-corrected chi connectivity index (χ2v) is 8.38. The lowest BCUT2D eigenvalue weighted by molar-refractivity contribution is -0.386. The van der Waals surface area contributed by atoms with Crippen molar-refractivity contribution < 1.29 is 14.5 Å². The fourth-order valence-corrected chi connectivity index (χ4v) is 4.26. The smallest absolute Gasteiger partial charge is 0.312 e. The van der Waals surface area contributed by atoms with Crippen molar-refractivity contribution in [3.8, 4) is 0 Å². The maximum atomic E-state index is 12.9. The van der Waals surface area contributed by atoms with Crippen molar-refractivity contribution in [3.05, 3.63) is 56.9 Å². The Morgan fingerprint density at radius 3 is 2.19 bits per heavy atom. The van der Waals surface area contributed by atoms with E-state index in [1.54, 1.807) is 35.6 Å². The molecule has 9 nitrogen and oxygen atoms in total. The van der Waals surface area contributed by atoms with Gasteiger partial charge >= 0.3 is 5.69 Å². The second kappa shape index (κ2) is 8.49. The molecule has 0 atom stereocenters. The van der Waals surface area contributed by atoms with E-state index in [1.165, 1.54) is 0 Å². The Kier molecular flexibility index (Phi) is 5.75. The number of piperazine rings is 1. The molecule has 1 aromatic heterocycles. The number of nitro groups is 1. The average molecular weight is 425 g/mol. The van der Waals surface area contributed by atoms with Crippen LogP contribution in [0.4, 0.5) is 5.69 Å². The lowest BCUT2D eigenvalue weighted by Gasteiger charge is -2.38. The molecular weight excluding hydrogens is 398 g/mol. The van der Waals surface area contributed by atoms with E-state index in [0.717, 1.165) is 24.8 Å². The Labute approximate surface area is 180 Å². The van der Waals surface area contributed by atoms with E-state index in [0.29, 0.717) is 49.7 Å². The molecule has 0 N–H and O–H groups in total. The summed E-state index contributed by atoms with van der Waals surface area (Å²) >= 11 is 0. The molecule has 31 heavy (non-hydrogen) atoms. The Hall–Kier alpha value is -3.23. The number of hydrogen-bond acceptors (Lipinski definition) is 5. The van der Waals surface area contributed by atoms with Crippen LogP contribution in [-0.2, 0) is 11.3 Å². The van der Waals surface area contributed by atoms with Gasteiger partial charge in [-0.2, -0.15) is 5.10 Å². The summed E-state index contributed by atoms with van der Waals surface area (Å²) in [6.45, 7) is 6.00. The third kappa shape index (κ3) is 4.17.